The van der Waals surface area contributed by atoms with Crippen LogP contribution in [0.25, 0.3) is 66.2 Å². The Bertz CT molecular complexity index is 6850. The van der Waals surface area contributed by atoms with E-state index in [1.807, 2.05) is 66.0 Å². The van der Waals surface area contributed by atoms with Gasteiger partial charge in [0.1, 0.15) is 33.1 Å². The topological polar surface area (TPSA) is 383 Å². The highest BCUT2D eigenvalue weighted by atomic mass is 79.9. The van der Waals surface area contributed by atoms with Gasteiger partial charge in [-0.25, -0.2) is 78.2 Å². The summed E-state index contributed by atoms with van der Waals surface area (Å²) in [4.78, 5) is 99.0. The third-order valence-electron chi connectivity index (χ3n) is 26.2. The van der Waals surface area contributed by atoms with E-state index >= 15 is 0 Å². The number of imidazole rings is 6. The number of nitrogens with zero attached hydrogens (tertiary/aromatic N) is 12. The maximum atomic E-state index is 14.4. The molecule has 0 aliphatic heterocycles. The summed E-state index contributed by atoms with van der Waals surface area (Å²) >= 11 is 3.36. The fourth-order valence-electron chi connectivity index (χ4n) is 18.1. The van der Waals surface area contributed by atoms with Gasteiger partial charge in [0.05, 0.1) is 93.2 Å². The van der Waals surface area contributed by atoms with E-state index in [2.05, 4.69) is 84.7 Å². The molecular weight excluding hydrogens is 1950 g/mol. The zero-order valence-electron chi connectivity index (χ0n) is 85.0. The van der Waals surface area contributed by atoms with Crippen LogP contribution in [0.2, 0.25) is 0 Å². The molecule has 0 bridgehead atoms. The predicted octanol–water partition coefficient (Wildman–Crippen LogP) is 22.1. The molecule has 6 amide bonds. The smallest absolute Gasteiger partial charge is 0.229 e. The monoisotopic (exact) mass is 2080 g/mol. The molecule has 5 aliphatic carbocycles. The summed E-state index contributed by atoms with van der Waals surface area (Å²) in [5, 5.41) is 65.7. The molecule has 12 aromatic rings. The Kier molecular flexibility index (Phi) is 32.3. The normalized spacial score (nSPS) is 16.5. The minimum absolute atomic E-state index is 0.00365. The molecule has 5 fully saturated rings. The number of benzene rings is 6. The first kappa shape index (κ1) is 111. The first-order valence-electron chi connectivity index (χ1n) is 48.2. The van der Waals surface area contributed by atoms with Gasteiger partial charge in [-0.15, -0.1) is 0 Å². The van der Waals surface area contributed by atoms with E-state index < -0.39 is 138 Å². The summed E-state index contributed by atoms with van der Waals surface area (Å²) in [6.45, 7) is 37.0. The van der Waals surface area contributed by atoms with E-state index in [-0.39, 0.29) is 135 Å². The van der Waals surface area contributed by atoms with Gasteiger partial charge in [-0.3, -0.25) is 60.7 Å². The molecule has 5 saturated carbocycles. The van der Waals surface area contributed by atoms with Crippen LogP contribution in [0.5, 0.6) is 0 Å². The summed E-state index contributed by atoms with van der Waals surface area (Å²) in [6, 6.07) is 15.3. The van der Waals surface area contributed by atoms with E-state index in [4.69, 9.17) is 0 Å². The molecule has 29 nitrogen and oxygen atoms in total. The average Bonchev–Trinajstić information content (AvgIpc) is 1.57. The molecule has 6 heterocycles. The van der Waals surface area contributed by atoms with Crippen molar-refractivity contribution in [3.05, 3.63) is 141 Å². The molecule has 2 atom stereocenters. The third-order valence-corrected chi connectivity index (χ3v) is 26.7. The van der Waals surface area contributed by atoms with E-state index in [9.17, 15) is 103 Å². The molecule has 11 N–H and O–H groups in total. The van der Waals surface area contributed by atoms with E-state index in [0.29, 0.717) is 45.3 Å². The van der Waals surface area contributed by atoms with Gasteiger partial charge >= 0.3 is 0 Å². The number of nitrogens with one attached hydrogen (secondary N) is 6. The molecule has 782 valence electrons. The van der Waals surface area contributed by atoms with Crippen LogP contribution < -0.4 is 31.9 Å². The Morgan fingerprint density at radius 3 is 0.986 bits per heavy atom. The Morgan fingerprint density at radius 2 is 0.660 bits per heavy atom. The minimum atomic E-state index is -1.18. The number of fused-ring (bicyclic) bond motifs is 6. The van der Waals surface area contributed by atoms with Crippen molar-refractivity contribution in [1.29, 1.82) is 0 Å². The van der Waals surface area contributed by atoms with Gasteiger partial charge in [-0.1, -0.05) is 43.6 Å². The van der Waals surface area contributed by atoms with E-state index in [0.717, 1.165) is 126 Å². The fourth-order valence-corrected chi connectivity index (χ4v) is 18.5. The van der Waals surface area contributed by atoms with Crippen molar-refractivity contribution in [2.45, 2.75) is 342 Å². The molecule has 5 aliphatic rings. The van der Waals surface area contributed by atoms with Gasteiger partial charge in [0.2, 0.25) is 71.1 Å². The van der Waals surface area contributed by atoms with Gasteiger partial charge in [0.25, 0.3) is 0 Å². The molecule has 0 saturated heterocycles. The van der Waals surface area contributed by atoms with Crippen molar-refractivity contribution in [3.8, 4) is 0 Å². The van der Waals surface area contributed by atoms with Crippen molar-refractivity contribution in [1.82, 2.24) is 57.3 Å². The average molecular weight is 2090 g/mol. The van der Waals surface area contributed by atoms with E-state index in [1.165, 1.54) is 87.1 Å². The molecule has 0 spiro atoms. The standard InChI is InChI=1S/C18H23BrFN3O.2C18H23F2N3O2.C17H21F2N3O2.C16H19F2N3O2.C16H21F2N3O2/c1-17(2,3)10-14(24)21-16-22-15-12(20)8-11(19)9-13(15)23(16)18(4)6-5-7-18;1-17(2,3)23-15-12(8-7-11(19)14(15)20)21-16(23)22-13(24)9-18(4,25)10-5-6-10;1-4-18(3,25)10-13(24)22-16-21-12-7-6-11(19)14(20)15(12)23(16)17(2)8-5-9-17;1-16(2,24)9-12(23)21-15-20-11-6-5-10(18)13(19)14(11)22(15)17(3)7-4-8-17;1-16(2,23)8-12(22)20-15-19-11-7-6-10(17)13(18)14(11)21(15)9-4-3-5-9;1-15(2,3)21-13-10(7-6-9(17)12(13)18)19-14(21)20-11(22)8-16(4,5)23/h8-9H,5-7,10H2,1-4H3,(H,21,22,24);7-8,10,25H,5-6,9H2,1-4H3,(H,21,22,24);6-7,25H,4-5,8-10H2,1-3H3,(H,21,22,24);5-6,24H,4,7-9H2,1-3H3,(H,20,21,23);6-7,9,23H,3-5,8H2,1-2H3,(H,19,20,22);6-7,23H,8H2,1-5H3,(H,19,20,22)/t;18-;;;;/m.1..../s1. The zero-order valence-corrected chi connectivity index (χ0v) is 86.6. The summed E-state index contributed by atoms with van der Waals surface area (Å²) in [7, 11) is 0. The summed E-state index contributed by atoms with van der Waals surface area (Å²) in [5.74, 6) is -10.8. The molecule has 6 aromatic carbocycles. The van der Waals surface area contributed by atoms with Crippen LogP contribution in [-0.2, 0) is 56.5 Å². The van der Waals surface area contributed by atoms with Gasteiger partial charge in [0.15, 0.2) is 64.0 Å². The minimum Gasteiger partial charge on any atom is -0.390 e. The van der Waals surface area contributed by atoms with Crippen molar-refractivity contribution in [2.75, 3.05) is 31.9 Å². The quantitative estimate of drug-likeness (QED) is 0.0265. The number of hydrogen-bond acceptors (Lipinski definition) is 17. The van der Waals surface area contributed by atoms with Crippen molar-refractivity contribution in [2.24, 2.45) is 11.3 Å². The highest BCUT2D eigenvalue weighted by Crippen LogP contribution is 2.49. The largest absolute Gasteiger partial charge is 0.390 e. The van der Waals surface area contributed by atoms with Crippen LogP contribution in [0.3, 0.4) is 0 Å². The highest BCUT2D eigenvalue weighted by molar-refractivity contribution is 9.10. The number of amides is 6. The number of aromatic nitrogens is 12. The number of carbonyl (C=O) groups excluding carboxylic acids is 6. The molecule has 0 radical (unpaired) electrons. The Balaban J connectivity index is 0.000000154. The van der Waals surface area contributed by atoms with Crippen molar-refractivity contribution < 1.29 is 103 Å². The predicted molar refractivity (Wildman–Crippen MR) is 533 cm³/mol. The van der Waals surface area contributed by atoms with Crippen LogP contribution in [0, 0.1) is 75.3 Å². The van der Waals surface area contributed by atoms with Crippen LogP contribution in [0.15, 0.2) is 77.3 Å². The third kappa shape index (κ3) is 25.7. The molecular formula is C103H130BrF11N18O11. The summed E-state index contributed by atoms with van der Waals surface area (Å²) in [6.07, 6.45) is 13.0. The maximum Gasteiger partial charge on any atom is 0.229 e. The summed E-state index contributed by atoms with van der Waals surface area (Å²) < 4.78 is 165. The number of halogens is 12. The lowest BCUT2D eigenvalue weighted by Gasteiger charge is -2.41. The lowest BCUT2D eigenvalue weighted by molar-refractivity contribution is -0.122. The second-order valence-electron chi connectivity index (χ2n) is 44.9. The fraction of sp³-hybridized carbons (Fsp3) is 0.534. The molecule has 6 aromatic heterocycles. The zero-order chi connectivity index (χ0) is 107. The van der Waals surface area contributed by atoms with Crippen LogP contribution in [-0.4, -0.2) is 146 Å². The van der Waals surface area contributed by atoms with Gasteiger partial charge in [0, 0.05) is 44.6 Å². The van der Waals surface area contributed by atoms with Crippen LogP contribution >= 0.6 is 15.9 Å². The number of hydrogen-bond donors (Lipinski definition) is 11. The van der Waals surface area contributed by atoms with Gasteiger partial charge in [-0.05, 0) is 298 Å². The summed E-state index contributed by atoms with van der Waals surface area (Å²) in [5.41, 5.74) is -5.42. The van der Waals surface area contributed by atoms with Crippen molar-refractivity contribution >= 4 is 153 Å². The van der Waals surface area contributed by atoms with Gasteiger partial charge < -0.3 is 52.9 Å². The molecule has 17 rings (SSSR count). The lowest BCUT2D eigenvalue weighted by Crippen LogP contribution is -2.39. The molecule has 144 heavy (non-hydrogen) atoms. The Morgan fingerprint density at radius 1 is 0.361 bits per heavy atom. The Labute approximate surface area is 835 Å². The first-order valence-corrected chi connectivity index (χ1v) is 49.0. The van der Waals surface area contributed by atoms with Gasteiger partial charge in [-0.2, -0.15) is 0 Å². The first-order chi connectivity index (χ1) is 66.5. The van der Waals surface area contributed by atoms with Crippen LogP contribution in [0.1, 0.15) is 286 Å². The van der Waals surface area contributed by atoms with Crippen molar-refractivity contribution in [3.63, 3.8) is 0 Å². The number of carbonyl (C=O) groups is 6. The molecule has 1 unspecified atom stereocenters. The number of anilines is 6. The molecule has 41 heteroatoms. The number of rotatable bonds is 23. The highest BCUT2D eigenvalue weighted by Gasteiger charge is 2.45. The lowest BCUT2D eigenvalue weighted by atomic mass is 9.78. The second kappa shape index (κ2) is 41.8. The second-order valence-corrected chi connectivity index (χ2v) is 45.8. The maximum absolute atomic E-state index is 14.4. The Hall–Kier alpha value is -11.5. The van der Waals surface area contributed by atoms with E-state index in [1.54, 1.807) is 55.2 Å². The van der Waals surface area contributed by atoms with Crippen LogP contribution in [0.4, 0.5) is 84.0 Å². The SMILES string of the molecule is CC(C)(C)CC(=O)Nc1nc2c(F)cc(Br)cc2n1C1(C)CCC1.CC(C)(C)n1c(NC(=O)C[C@@](C)(O)C2CC2)nc2ccc(F)c(F)c21.CC(C)(O)CC(=O)Nc1nc2ccc(F)c(F)c2n1C(C)(C)C.CC(C)(O)CC(=O)Nc1nc2ccc(F)c(F)c2n1C1(C)CCC1.CC(C)(O)CC(=O)Nc1nc2ccc(F)c(F)c2n1C1CCC1.CCC(C)(O)CC(=O)Nc1nc2ccc(F)c(F)c2n1C1(C)CCC1. The number of aliphatic hydroxyl groups is 5.